The van der Waals surface area contributed by atoms with Crippen molar-refractivity contribution in [2.24, 2.45) is 5.92 Å². The Bertz CT molecular complexity index is 795. The normalized spacial score (nSPS) is 20.7. The maximum atomic E-state index is 12.7. The molecule has 3 heterocycles. The summed E-state index contributed by atoms with van der Waals surface area (Å²) < 4.78 is 0. The molecule has 2 aliphatic rings. The highest BCUT2D eigenvalue weighted by Crippen LogP contribution is 2.24. The van der Waals surface area contributed by atoms with Gasteiger partial charge in [-0.05, 0) is 49.9 Å². The van der Waals surface area contributed by atoms with E-state index in [2.05, 4.69) is 51.1 Å². The Balaban J connectivity index is 1.28. The first-order valence-electron chi connectivity index (χ1n) is 10.7. The van der Waals surface area contributed by atoms with Gasteiger partial charge < -0.3 is 14.7 Å². The molecule has 0 aliphatic carbocycles. The topological polar surface area (TPSA) is 52.6 Å². The first kappa shape index (κ1) is 19.8. The highest BCUT2D eigenvalue weighted by atomic mass is 16.2. The summed E-state index contributed by atoms with van der Waals surface area (Å²) in [4.78, 5) is 27.9. The van der Waals surface area contributed by atoms with Crippen LogP contribution < -0.4 is 4.90 Å². The molecule has 0 N–H and O–H groups in total. The molecule has 1 aromatic carbocycles. The number of anilines is 1. The van der Waals surface area contributed by atoms with Crippen LogP contribution in [0.2, 0.25) is 0 Å². The van der Waals surface area contributed by atoms with Crippen LogP contribution in [0.1, 0.15) is 24.0 Å². The van der Waals surface area contributed by atoms with E-state index in [4.69, 9.17) is 0 Å². The molecule has 1 atom stereocenters. The van der Waals surface area contributed by atoms with Gasteiger partial charge in [0, 0.05) is 45.1 Å². The van der Waals surface area contributed by atoms with Crippen LogP contribution >= 0.6 is 0 Å². The minimum absolute atomic E-state index is 0.253. The number of aromatic nitrogens is 2. The van der Waals surface area contributed by atoms with Gasteiger partial charge in [0.05, 0.1) is 12.6 Å². The molecule has 2 saturated heterocycles. The predicted molar refractivity (Wildman–Crippen MR) is 115 cm³/mol. The molecule has 4 rings (SSSR count). The summed E-state index contributed by atoms with van der Waals surface area (Å²) in [6.45, 7) is 5.84. The molecule has 2 aliphatic heterocycles. The molecular weight excluding hydrogens is 362 g/mol. The van der Waals surface area contributed by atoms with E-state index in [0.717, 1.165) is 63.5 Å². The number of amides is 1. The third-order valence-corrected chi connectivity index (χ3v) is 6.13. The summed E-state index contributed by atoms with van der Waals surface area (Å²) in [7, 11) is 2.13. The van der Waals surface area contributed by atoms with Gasteiger partial charge in [-0.2, -0.15) is 0 Å². The fourth-order valence-corrected chi connectivity index (χ4v) is 4.37. The van der Waals surface area contributed by atoms with E-state index in [1.165, 1.54) is 12.0 Å². The van der Waals surface area contributed by atoms with Crippen molar-refractivity contribution >= 4 is 11.7 Å². The summed E-state index contributed by atoms with van der Waals surface area (Å²) in [6.07, 6.45) is 9.14. The van der Waals surface area contributed by atoms with E-state index in [-0.39, 0.29) is 5.91 Å². The van der Waals surface area contributed by atoms with Crippen molar-refractivity contribution in [2.75, 3.05) is 51.2 Å². The number of carbonyl (C=O) groups excluding carboxylic acids is 1. The fourth-order valence-electron chi connectivity index (χ4n) is 4.37. The Morgan fingerprint density at radius 3 is 2.66 bits per heavy atom. The van der Waals surface area contributed by atoms with Gasteiger partial charge in [0.25, 0.3) is 0 Å². The van der Waals surface area contributed by atoms with Gasteiger partial charge in [0.2, 0.25) is 5.91 Å². The van der Waals surface area contributed by atoms with Crippen molar-refractivity contribution in [2.45, 2.75) is 25.7 Å². The largest absolute Gasteiger partial charge is 0.355 e. The van der Waals surface area contributed by atoms with Gasteiger partial charge >= 0.3 is 0 Å². The van der Waals surface area contributed by atoms with Gasteiger partial charge in [-0.1, -0.05) is 24.3 Å². The van der Waals surface area contributed by atoms with Gasteiger partial charge in [-0.25, -0.2) is 4.98 Å². The SMILES string of the molecule is CN1CCCN(C(=O)Cc2ccc(CC3CCN(c4cnccn4)C3)cc2)CC1. The molecule has 1 amide bonds. The van der Waals surface area contributed by atoms with Crippen LogP contribution in [0.5, 0.6) is 0 Å². The summed E-state index contributed by atoms with van der Waals surface area (Å²) in [6, 6.07) is 8.66. The number of hydrogen-bond acceptors (Lipinski definition) is 5. The lowest BCUT2D eigenvalue weighted by Gasteiger charge is -2.20. The number of likely N-dealkylation sites (N-methyl/N-ethyl adjacent to an activating group) is 1. The zero-order chi connectivity index (χ0) is 20.1. The van der Waals surface area contributed by atoms with Crippen molar-refractivity contribution in [3.8, 4) is 0 Å². The maximum absolute atomic E-state index is 12.7. The number of nitrogens with zero attached hydrogens (tertiary/aromatic N) is 5. The third kappa shape index (κ3) is 5.32. The first-order chi connectivity index (χ1) is 14.2. The summed E-state index contributed by atoms with van der Waals surface area (Å²) >= 11 is 0. The van der Waals surface area contributed by atoms with Crippen LogP contribution in [-0.2, 0) is 17.6 Å². The molecule has 0 spiro atoms. The Kier molecular flexibility index (Phi) is 6.39. The van der Waals surface area contributed by atoms with Crippen LogP contribution in [0.3, 0.4) is 0 Å². The smallest absolute Gasteiger partial charge is 0.227 e. The number of carbonyl (C=O) groups is 1. The van der Waals surface area contributed by atoms with E-state index in [9.17, 15) is 4.79 Å². The fraction of sp³-hybridized carbons (Fsp3) is 0.522. The second-order valence-corrected chi connectivity index (χ2v) is 8.40. The summed E-state index contributed by atoms with van der Waals surface area (Å²) in [5.41, 5.74) is 2.47. The zero-order valence-electron chi connectivity index (χ0n) is 17.3. The molecule has 0 saturated carbocycles. The Hall–Kier alpha value is -2.47. The molecule has 2 fully saturated rings. The van der Waals surface area contributed by atoms with Crippen molar-refractivity contribution in [1.29, 1.82) is 0 Å². The Morgan fingerprint density at radius 2 is 1.86 bits per heavy atom. The second-order valence-electron chi connectivity index (χ2n) is 8.40. The lowest BCUT2D eigenvalue weighted by Crippen LogP contribution is -2.35. The average Bonchev–Trinajstić information content (AvgIpc) is 3.10. The highest BCUT2D eigenvalue weighted by Gasteiger charge is 2.24. The lowest BCUT2D eigenvalue weighted by atomic mass is 9.97. The van der Waals surface area contributed by atoms with Crippen LogP contribution in [0, 0.1) is 5.92 Å². The molecule has 0 bridgehead atoms. The van der Waals surface area contributed by atoms with Gasteiger partial charge in [-0.3, -0.25) is 9.78 Å². The molecule has 1 unspecified atom stereocenters. The van der Waals surface area contributed by atoms with Gasteiger partial charge in [0.15, 0.2) is 0 Å². The van der Waals surface area contributed by atoms with Crippen molar-refractivity contribution in [1.82, 2.24) is 19.8 Å². The molecule has 6 heteroatoms. The van der Waals surface area contributed by atoms with Crippen LogP contribution in [-0.4, -0.2) is 72.0 Å². The van der Waals surface area contributed by atoms with Crippen LogP contribution in [0.4, 0.5) is 5.82 Å². The second kappa shape index (κ2) is 9.35. The number of rotatable bonds is 5. The minimum atomic E-state index is 0.253. The van der Waals surface area contributed by atoms with Crippen molar-refractivity contribution < 1.29 is 4.79 Å². The predicted octanol–water partition coefficient (Wildman–Crippen LogP) is 2.25. The highest BCUT2D eigenvalue weighted by molar-refractivity contribution is 5.78. The summed E-state index contributed by atoms with van der Waals surface area (Å²) in [5, 5.41) is 0. The summed E-state index contributed by atoms with van der Waals surface area (Å²) in [5.74, 6) is 1.87. The number of benzene rings is 1. The van der Waals surface area contributed by atoms with E-state index < -0.39 is 0 Å². The number of hydrogen-bond donors (Lipinski definition) is 0. The average molecular weight is 394 g/mol. The van der Waals surface area contributed by atoms with Gasteiger partial charge in [-0.15, -0.1) is 0 Å². The van der Waals surface area contributed by atoms with Gasteiger partial charge in [0.1, 0.15) is 5.82 Å². The van der Waals surface area contributed by atoms with E-state index in [1.54, 1.807) is 12.4 Å². The molecule has 2 aromatic rings. The van der Waals surface area contributed by atoms with Crippen LogP contribution in [0.15, 0.2) is 42.9 Å². The maximum Gasteiger partial charge on any atom is 0.227 e. The first-order valence-corrected chi connectivity index (χ1v) is 10.7. The molecule has 29 heavy (non-hydrogen) atoms. The van der Waals surface area contributed by atoms with Crippen molar-refractivity contribution in [3.05, 3.63) is 54.0 Å². The molecule has 154 valence electrons. The zero-order valence-corrected chi connectivity index (χ0v) is 17.3. The molecule has 6 nitrogen and oxygen atoms in total. The third-order valence-electron chi connectivity index (χ3n) is 6.13. The van der Waals surface area contributed by atoms with Crippen molar-refractivity contribution in [3.63, 3.8) is 0 Å². The van der Waals surface area contributed by atoms with E-state index in [1.807, 2.05) is 11.1 Å². The Morgan fingerprint density at radius 1 is 1.03 bits per heavy atom. The monoisotopic (exact) mass is 393 g/mol. The quantitative estimate of drug-likeness (QED) is 0.780. The molecule has 0 radical (unpaired) electrons. The van der Waals surface area contributed by atoms with E-state index in [0.29, 0.717) is 12.3 Å². The van der Waals surface area contributed by atoms with E-state index >= 15 is 0 Å². The molecular formula is C23H31N5O. The Labute approximate surface area is 173 Å². The lowest BCUT2D eigenvalue weighted by molar-refractivity contribution is -0.130. The minimum Gasteiger partial charge on any atom is -0.355 e. The standard InChI is InChI=1S/C23H31N5O/c1-26-10-2-11-27(14-13-26)23(29)16-20-5-3-19(4-6-20)15-21-7-12-28(18-21)22-17-24-8-9-25-22/h3-6,8-9,17,21H,2,7,10-16,18H2,1H3. The van der Waals surface area contributed by atoms with Crippen LogP contribution in [0.25, 0.3) is 0 Å². The molecule has 1 aromatic heterocycles.